The minimum atomic E-state index is -0.225. The van der Waals surface area contributed by atoms with E-state index in [9.17, 15) is 9.59 Å². The molecule has 1 aliphatic heterocycles. The van der Waals surface area contributed by atoms with Gasteiger partial charge in [-0.2, -0.15) is 0 Å². The number of amides is 2. The van der Waals surface area contributed by atoms with Crippen LogP contribution in [0.5, 0.6) is 0 Å². The third-order valence-corrected chi connectivity index (χ3v) is 5.14. The molecule has 1 aliphatic carbocycles. The van der Waals surface area contributed by atoms with Gasteiger partial charge in [-0.3, -0.25) is 9.59 Å². The molecule has 0 aromatic rings. The molecule has 2 rings (SSSR count). The number of hydrogen-bond acceptors (Lipinski definition) is 3. The second-order valence-corrected chi connectivity index (χ2v) is 6.80. The van der Waals surface area contributed by atoms with Crippen LogP contribution >= 0.6 is 12.4 Å². The van der Waals surface area contributed by atoms with Crippen LogP contribution in [0.15, 0.2) is 0 Å². The Morgan fingerprint density at radius 3 is 2.55 bits per heavy atom. The predicted molar refractivity (Wildman–Crippen MR) is 89.7 cm³/mol. The maximum Gasteiger partial charge on any atom is 0.220 e. The second kappa shape index (κ2) is 9.36. The Kier molecular flexibility index (Phi) is 8.18. The van der Waals surface area contributed by atoms with Crippen LogP contribution in [0.2, 0.25) is 0 Å². The summed E-state index contributed by atoms with van der Waals surface area (Å²) >= 11 is 0. The molecule has 0 bridgehead atoms. The fourth-order valence-corrected chi connectivity index (χ4v) is 3.74. The van der Waals surface area contributed by atoms with Crippen LogP contribution in [0.4, 0.5) is 0 Å². The van der Waals surface area contributed by atoms with Crippen LogP contribution in [-0.2, 0) is 9.59 Å². The predicted octanol–water partition coefficient (Wildman–Crippen LogP) is 1.59. The Labute approximate surface area is 139 Å². The molecule has 2 fully saturated rings. The van der Waals surface area contributed by atoms with E-state index in [0.29, 0.717) is 24.7 Å². The first-order valence-corrected chi connectivity index (χ1v) is 8.35. The van der Waals surface area contributed by atoms with Gasteiger partial charge in [-0.05, 0) is 57.0 Å². The lowest BCUT2D eigenvalue weighted by molar-refractivity contribution is -0.126. The van der Waals surface area contributed by atoms with Gasteiger partial charge in [0.1, 0.15) is 0 Å². The first-order valence-electron chi connectivity index (χ1n) is 8.35. The van der Waals surface area contributed by atoms with E-state index >= 15 is 0 Å². The van der Waals surface area contributed by atoms with E-state index in [2.05, 4.69) is 17.6 Å². The summed E-state index contributed by atoms with van der Waals surface area (Å²) in [7, 11) is 0. The lowest BCUT2D eigenvalue weighted by atomic mass is 9.83. The zero-order valence-electron chi connectivity index (χ0n) is 13.5. The molecule has 1 saturated heterocycles. The largest absolute Gasteiger partial charge is 0.369 e. The zero-order chi connectivity index (χ0) is 15.2. The summed E-state index contributed by atoms with van der Waals surface area (Å²) in [6.45, 7) is 4.32. The highest BCUT2D eigenvalue weighted by Crippen LogP contribution is 2.26. The molecule has 1 heterocycles. The third-order valence-electron chi connectivity index (χ3n) is 5.14. The molecular formula is C16H30ClN3O2. The molecule has 2 aliphatic rings. The topological polar surface area (TPSA) is 84.2 Å². The van der Waals surface area contributed by atoms with Crippen LogP contribution in [0.1, 0.15) is 51.9 Å². The molecule has 3 atom stereocenters. The number of piperidine rings is 1. The van der Waals surface area contributed by atoms with Crippen molar-refractivity contribution in [1.82, 2.24) is 10.6 Å². The molecule has 0 radical (unpaired) electrons. The first-order chi connectivity index (χ1) is 10.1. The monoisotopic (exact) mass is 331 g/mol. The standard InChI is InChI=1S/C16H29N3O2.ClH/c1-11(12-5-7-18-8-6-12)9-15(20)19-14-4-2-3-13(10-14)16(17)21;/h11-14,18H,2-10H2,1H3,(H2,17,21)(H,19,20);1H. The fraction of sp³-hybridized carbons (Fsp3) is 0.875. The normalized spacial score (nSPS) is 27.5. The van der Waals surface area contributed by atoms with Crippen molar-refractivity contribution in [2.45, 2.75) is 57.9 Å². The third kappa shape index (κ3) is 5.76. The summed E-state index contributed by atoms with van der Waals surface area (Å²) in [6.07, 6.45) is 6.46. The molecule has 0 aromatic heterocycles. The van der Waals surface area contributed by atoms with Crippen LogP contribution in [-0.4, -0.2) is 30.9 Å². The van der Waals surface area contributed by atoms with Gasteiger partial charge in [0.25, 0.3) is 0 Å². The smallest absolute Gasteiger partial charge is 0.220 e. The molecule has 128 valence electrons. The summed E-state index contributed by atoms with van der Waals surface area (Å²) in [4.78, 5) is 23.5. The van der Waals surface area contributed by atoms with Gasteiger partial charge >= 0.3 is 0 Å². The van der Waals surface area contributed by atoms with E-state index in [1.807, 2.05) is 0 Å². The minimum absolute atomic E-state index is 0. The van der Waals surface area contributed by atoms with Crippen molar-refractivity contribution in [1.29, 1.82) is 0 Å². The highest BCUT2D eigenvalue weighted by Gasteiger charge is 2.28. The number of hydrogen-bond donors (Lipinski definition) is 3. The highest BCUT2D eigenvalue weighted by molar-refractivity contribution is 5.85. The van der Waals surface area contributed by atoms with Crippen LogP contribution in [0.25, 0.3) is 0 Å². The van der Waals surface area contributed by atoms with Gasteiger partial charge in [0, 0.05) is 18.4 Å². The van der Waals surface area contributed by atoms with E-state index in [4.69, 9.17) is 5.73 Å². The fourth-order valence-electron chi connectivity index (χ4n) is 3.74. The Morgan fingerprint density at radius 2 is 1.91 bits per heavy atom. The molecular weight excluding hydrogens is 302 g/mol. The van der Waals surface area contributed by atoms with Crippen molar-refractivity contribution in [2.24, 2.45) is 23.5 Å². The van der Waals surface area contributed by atoms with Gasteiger partial charge in [-0.15, -0.1) is 12.4 Å². The van der Waals surface area contributed by atoms with Gasteiger partial charge in [0.05, 0.1) is 0 Å². The average molecular weight is 332 g/mol. The molecule has 1 saturated carbocycles. The second-order valence-electron chi connectivity index (χ2n) is 6.80. The number of carbonyl (C=O) groups excluding carboxylic acids is 2. The Balaban J connectivity index is 0.00000242. The summed E-state index contributed by atoms with van der Waals surface area (Å²) in [5, 5.41) is 6.47. The highest BCUT2D eigenvalue weighted by atomic mass is 35.5. The number of nitrogens with two attached hydrogens (primary N) is 1. The summed E-state index contributed by atoms with van der Waals surface area (Å²) < 4.78 is 0. The molecule has 3 unspecified atom stereocenters. The van der Waals surface area contributed by atoms with Crippen molar-refractivity contribution >= 4 is 24.2 Å². The summed E-state index contributed by atoms with van der Waals surface area (Å²) in [5.41, 5.74) is 5.38. The van der Waals surface area contributed by atoms with Gasteiger partial charge in [-0.1, -0.05) is 13.3 Å². The van der Waals surface area contributed by atoms with Crippen molar-refractivity contribution < 1.29 is 9.59 Å². The maximum absolute atomic E-state index is 12.2. The minimum Gasteiger partial charge on any atom is -0.369 e. The Morgan fingerprint density at radius 1 is 1.23 bits per heavy atom. The van der Waals surface area contributed by atoms with E-state index in [-0.39, 0.29) is 36.2 Å². The van der Waals surface area contributed by atoms with E-state index < -0.39 is 0 Å². The lowest BCUT2D eigenvalue weighted by Crippen LogP contribution is -2.42. The summed E-state index contributed by atoms with van der Waals surface area (Å²) in [5.74, 6) is 0.934. The van der Waals surface area contributed by atoms with E-state index in [1.165, 1.54) is 12.8 Å². The van der Waals surface area contributed by atoms with Crippen LogP contribution < -0.4 is 16.4 Å². The van der Waals surface area contributed by atoms with Crippen LogP contribution in [0, 0.1) is 17.8 Å². The first kappa shape index (κ1) is 19.2. The van der Waals surface area contributed by atoms with E-state index in [1.54, 1.807) is 0 Å². The number of primary amides is 1. The van der Waals surface area contributed by atoms with Crippen molar-refractivity contribution in [2.75, 3.05) is 13.1 Å². The maximum atomic E-state index is 12.2. The quantitative estimate of drug-likeness (QED) is 0.715. The Bertz CT molecular complexity index is 372. The molecule has 4 N–H and O–H groups in total. The molecule has 0 spiro atoms. The lowest BCUT2D eigenvalue weighted by Gasteiger charge is -2.30. The zero-order valence-corrected chi connectivity index (χ0v) is 14.3. The van der Waals surface area contributed by atoms with Gasteiger partial charge in [-0.25, -0.2) is 0 Å². The van der Waals surface area contributed by atoms with Crippen molar-refractivity contribution in [3.8, 4) is 0 Å². The van der Waals surface area contributed by atoms with Gasteiger partial charge in [0.15, 0.2) is 0 Å². The number of carbonyl (C=O) groups is 2. The molecule has 22 heavy (non-hydrogen) atoms. The van der Waals surface area contributed by atoms with Crippen molar-refractivity contribution in [3.63, 3.8) is 0 Å². The number of halogens is 1. The van der Waals surface area contributed by atoms with Crippen molar-refractivity contribution in [3.05, 3.63) is 0 Å². The van der Waals surface area contributed by atoms with Crippen LogP contribution in [0.3, 0.4) is 0 Å². The molecule has 6 heteroatoms. The number of rotatable bonds is 5. The van der Waals surface area contributed by atoms with Gasteiger partial charge < -0.3 is 16.4 Å². The SMILES string of the molecule is CC(CC(=O)NC1CCCC(C(N)=O)C1)C1CCNCC1.Cl. The van der Waals surface area contributed by atoms with E-state index in [0.717, 1.165) is 32.4 Å². The molecule has 5 nitrogen and oxygen atoms in total. The summed E-state index contributed by atoms with van der Waals surface area (Å²) in [6, 6.07) is 0.129. The average Bonchev–Trinajstić information content (AvgIpc) is 2.48. The molecule has 2 amide bonds. The Hall–Kier alpha value is -0.810. The number of nitrogens with one attached hydrogen (secondary N) is 2. The van der Waals surface area contributed by atoms with Gasteiger partial charge in [0.2, 0.25) is 11.8 Å². The molecule has 0 aromatic carbocycles.